The van der Waals surface area contributed by atoms with Crippen LogP contribution in [0.2, 0.25) is 0 Å². The molecule has 1 saturated heterocycles. The lowest BCUT2D eigenvalue weighted by molar-refractivity contribution is -0.308. The van der Waals surface area contributed by atoms with Crippen molar-refractivity contribution in [3.8, 4) is 0 Å². The number of Topliss-reactive ketones (excluding diaryl/α,β-unsaturated/α-hetero) is 1. The van der Waals surface area contributed by atoms with Gasteiger partial charge >= 0.3 is 0 Å². The van der Waals surface area contributed by atoms with Crippen LogP contribution in [-0.2, 0) is 9.59 Å². The fourth-order valence-corrected chi connectivity index (χ4v) is 0.954. The van der Waals surface area contributed by atoms with Crippen LogP contribution < -0.4 is 10.4 Å². The van der Waals surface area contributed by atoms with E-state index in [0.29, 0.717) is 13.0 Å². The van der Waals surface area contributed by atoms with E-state index >= 15 is 0 Å². The van der Waals surface area contributed by atoms with Crippen LogP contribution in [0.4, 0.5) is 0 Å². The van der Waals surface area contributed by atoms with Crippen LogP contribution in [0.15, 0.2) is 0 Å². The minimum Gasteiger partial charge on any atom is -0.548 e. The number of carboxylic acid groups (broad SMARTS) is 1. The fourth-order valence-electron chi connectivity index (χ4n) is 0.954. The summed E-state index contributed by atoms with van der Waals surface area (Å²) in [4.78, 5) is 20.8. The Kier molecular flexibility index (Phi) is 2.01. The third kappa shape index (κ3) is 1.54. The molecule has 0 amide bonds. The predicted octanol–water partition coefficient (Wildman–Crippen LogP) is -1.94. The number of piperidine rings is 1. The van der Waals surface area contributed by atoms with Crippen LogP contribution in [-0.4, -0.2) is 24.3 Å². The van der Waals surface area contributed by atoms with E-state index in [2.05, 4.69) is 5.32 Å². The lowest BCUT2D eigenvalue weighted by Gasteiger charge is -2.22. The van der Waals surface area contributed by atoms with Crippen molar-refractivity contribution in [2.75, 3.05) is 6.54 Å². The van der Waals surface area contributed by atoms with Crippen molar-refractivity contribution in [2.24, 2.45) is 0 Å². The van der Waals surface area contributed by atoms with Gasteiger partial charge in [-0.25, -0.2) is 0 Å². The first kappa shape index (κ1) is 7.21. The predicted molar refractivity (Wildman–Crippen MR) is 31.0 cm³/mol. The van der Waals surface area contributed by atoms with Gasteiger partial charge in [0.15, 0.2) is 0 Å². The van der Waals surface area contributed by atoms with E-state index in [-0.39, 0.29) is 12.2 Å². The Balaban J connectivity index is 2.47. The molecule has 1 fully saturated rings. The SMILES string of the molecule is O=C1CCNC(C(=O)[O-])C1. The molecule has 0 saturated carbocycles. The summed E-state index contributed by atoms with van der Waals surface area (Å²) in [6, 6.07) is -0.763. The zero-order valence-corrected chi connectivity index (χ0v) is 5.42. The van der Waals surface area contributed by atoms with E-state index in [9.17, 15) is 14.7 Å². The number of carbonyl (C=O) groups excluding carboxylic acids is 2. The first-order valence-corrected chi connectivity index (χ1v) is 3.16. The Labute approximate surface area is 58.2 Å². The number of rotatable bonds is 1. The highest BCUT2D eigenvalue weighted by atomic mass is 16.4. The summed E-state index contributed by atoms with van der Waals surface area (Å²) >= 11 is 0. The number of aliphatic carboxylic acids is 1. The quantitative estimate of drug-likeness (QED) is 0.462. The summed E-state index contributed by atoms with van der Waals surface area (Å²) in [5, 5.41) is 12.8. The van der Waals surface area contributed by atoms with Crippen LogP contribution >= 0.6 is 0 Å². The Morgan fingerprint density at radius 3 is 2.80 bits per heavy atom. The maximum atomic E-state index is 10.6. The molecule has 1 heterocycles. The summed E-state index contributed by atoms with van der Waals surface area (Å²) in [5.41, 5.74) is 0. The van der Waals surface area contributed by atoms with Crippen LogP contribution in [0.25, 0.3) is 0 Å². The molecule has 0 radical (unpaired) electrons. The van der Waals surface area contributed by atoms with Gasteiger partial charge in [0.2, 0.25) is 0 Å². The Morgan fingerprint density at radius 2 is 2.40 bits per heavy atom. The summed E-state index contributed by atoms with van der Waals surface area (Å²) in [7, 11) is 0. The lowest BCUT2D eigenvalue weighted by Crippen LogP contribution is -2.49. The molecule has 1 atom stereocenters. The van der Waals surface area contributed by atoms with E-state index in [1.165, 1.54) is 0 Å². The maximum Gasteiger partial charge on any atom is 0.136 e. The molecule has 1 unspecified atom stereocenters. The minimum atomic E-state index is -1.19. The standard InChI is InChI=1S/C6H9NO3/c8-4-1-2-7-5(3-4)6(9)10/h5,7H,1-3H2,(H,9,10)/p-1. The fraction of sp³-hybridized carbons (Fsp3) is 0.667. The molecule has 0 spiro atoms. The molecule has 1 aliphatic heterocycles. The monoisotopic (exact) mass is 142 g/mol. The topological polar surface area (TPSA) is 69.2 Å². The van der Waals surface area contributed by atoms with Crippen molar-refractivity contribution in [1.29, 1.82) is 0 Å². The third-order valence-corrected chi connectivity index (χ3v) is 1.51. The Hall–Kier alpha value is -0.900. The van der Waals surface area contributed by atoms with Gasteiger partial charge in [0, 0.05) is 19.4 Å². The molecule has 4 nitrogen and oxygen atoms in total. The van der Waals surface area contributed by atoms with Crippen LogP contribution in [0.1, 0.15) is 12.8 Å². The summed E-state index contributed by atoms with van der Waals surface area (Å²) in [6.07, 6.45) is 0.506. The number of hydrogen-bond acceptors (Lipinski definition) is 4. The van der Waals surface area contributed by atoms with Gasteiger partial charge in [-0.3, -0.25) is 4.79 Å². The third-order valence-electron chi connectivity index (χ3n) is 1.51. The van der Waals surface area contributed by atoms with Gasteiger partial charge in [0.05, 0.1) is 12.0 Å². The zero-order valence-electron chi connectivity index (χ0n) is 5.42. The van der Waals surface area contributed by atoms with Gasteiger partial charge in [-0.1, -0.05) is 0 Å². The molecular formula is C6H8NO3-. The molecule has 1 N–H and O–H groups in total. The van der Waals surface area contributed by atoms with Gasteiger partial charge in [0.1, 0.15) is 5.78 Å². The molecule has 56 valence electrons. The van der Waals surface area contributed by atoms with Crippen LogP contribution in [0, 0.1) is 0 Å². The van der Waals surface area contributed by atoms with Crippen molar-refractivity contribution in [3.63, 3.8) is 0 Å². The largest absolute Gasteiger partial charge is 0.548 e. The number of carboxylic acids is 1. The minimum absolute atomic E-state index is 0.00653. The van der Waals surface area contributed by atoms with E-state index in [1.54, 1.807) is 0 Å². The van der Waals surface area contributed by atoms with E-state index < -0.39 is 12.0 Å². The number of nitrogens with one attached hydrogen (secondary N) is 1. The van der Waals surface area contributed by atoms with Crippen molar-refractivity contribution in [2.45, 2.75) is 18.9 Å². The van der Waals surface area contributed by atoms with E-state index in [1.807, 2.05) is 0 Å². The molecule has 0 aromatic heterocycles. The number of carbonyl (C=O) groups is 2. The second kappa shape index (κ2) is 2.79. The maximum absolute atomic E-state index is 10.6. The van der Waals surface area contributed by atoms with Gasteiger partial charge in [-0.15, -0.1) is 0 Å². The van der Waals surface area contributed by atoms with Gasteiger partial charge in [-0.2, -0.15) is 0 Å². The average molecular weight is 142 g/mol. The second-order valence-electron chi connectivity index (χ2n) is 2.32. The molecule has 0 aromatic rings. The summed E-state index contributed by atoms with van der Waals surface area (Å²) < 4.78 is 0. The van der Waals surface area contributed by atoms with Crippen molar-refractivity contribution < 1.29 is 14.7 Å². The first-order valence-electron chi connectivity index (χ1n) is 3.16. The molecule has 0 bridgehead atoms. The molecule has 1 aliphatic rings. The van der Waals surface area contributed by atoms with Gasteiger partial charge in [-0.05, 0) is 0 Å². The molecule has 1 rings (SSSR count). The zero-order chi connectivity index (χ0) is 7.56. The number of hydrogen-bond donors (Lipinski definition) is 1. The van der Waals surface area contributed by atoms with Crippen molar-refractivity contribution >= 4 is 11.8 Å². The van der Waals surface area contributed by atoms with Gasteiger partial charge < -0.3 is 15.2 Å². The van der Waals surface area contributed by atoms with Gasteiger partial charge in [0.25, 0.3) is 0 Å². The normalized spacial score (nSPS) is 26.4. The Bertz CT molecular complexity index is 164. The highest BCUT2D eigenvalue weighted by molar-refractivity contribution is 5.86. The van der Waals surface area contributed by atoms with Crippen LogP contribution in [0.5, 0.6) is 0 Å². The second-order valence-corrected chi connectivity index (χ2v) is 2.32. The molecule has 0 aromatic carbocycles. The van der Waals surface area contributed by atoms with E-state index in [0.717, 1.165) is 0 Å². The molecule has 10 heavy (non-hydrogen) atoms. The summed E-state index contributed by atoms with van der Waals surface area (Å²) in [6.45, 7) is 0.456. The highest BCUT2D eigenvalue weighted by Crippen LogP contribution is 2.01. The molecule has 4 heteroatoms. The first-order chi connectivity index (χ1) is 4.70. The van der Waals surface area contributed by atoms with Crippen molar-refractivity contribution in [1.82, 2.24) is 5.32 Å². The molecule has 0 aliphatic carbocycles. The van der Waals surface area contributed by atoms with E-state index in [4.69, 9.17) is 0 Å². The number of ketones is 1. The smallest absolute Gasteiger partial charge is 0.136 e. The Morgan fingerprint density at radius 1 is 1.70 bits per heavy atom. The lowest BCUT2D eigenvalue weighted by atomic mass is 10.0. The average Bonchev–Trinajstić information content (AvgIpc) is 1.88. The van der Waals surface area contributed by atoms with Crippen LogP contribution in [0.3, 0.4) is 0 Å². The van der Waals surface area contributed by atoms with Crippen molar-refractivity contribution in [3.05, 3.63) is 0 Å². The molecular weight excluding hydrogens is 134 g/mol. The highest BCUT2D eigenvalue weighted by Gasteiger charge is 2.18. The summed E-state index contributed by atoms with van der Waals surface area (Å²) in [5.74, 6) is -1.19.